The molecule has 0 saturated carbocycles. The Morgan fingerprint density at radius 1 is 1.05 bits per heavy atom. The van der Waals surface area contributed by atoms with Crippen molar-refractivity contribution in [2.75, 3.05) is 0 Å². The smallest absolute Gasteiger partial charge is 0.335 e. The molecule has 1 atom stereocenters. The zero-order valence-electron chi connectivity index (χ0n) is 11.2. The summed E-state index contributed by atoms with van der Waals surface area (Å²) < 4.78 is 5.14. The van der Waals surface area contributed by atoms with E-state index >= 15 is 0 Å². The fourth-order valence-corrected chi connectivity index (χ4v) is 1.79. The van der Waals surface area contributed by atoms with E-state index in [1.807, 2.05) is 30.3 Å². The first-order valence-electron chi connectivity index (χ1n) is 6.37. The highest BCUT2D eigenvalue weighted by Gasteiger charge is 2.17. The molecular formula is C16H15NO4. The molecular weight excluding hydrogens is 270 g/mol. The van der Waals surface area contributed by atoms with Crippen molar-refractivity contribution in [1.29, 1.82) is 0 Å². The normalized spacial score (nSPS) is 11.7. The number of rotatable bonds is 5. The Labute approximate surface area is 122 Å². The molecule has 2 aromatic rings. The number of carboxylic acid groups (broad SMARTS) is 1. The van der Waals surface area contributed by atoms with Crippen LogP contribution >= 0.6 is 0 Å². The largest absolute Gasteiger partial charge is 0.478 e. The Bertz CT molecular complexity index is 622. The van der Waals surface area contributed by atoms with Crippen LogP contribution in [-0.2, 0) is 16.1 Å². The molecule has 0 aliphatic rings. The summed E-state index contributed by atoms with van der Waals surface area (Å²) in [5, 5.41) is 8.81. The number of nitrogens with two attached hydrogens (primary N) is 1. The van der Waals surface area contributed by atoms with E-state index in [-0.39, 0.29) is 12.2 Å². The van der Waals surface area contributed by atoms with Gasteiger partial charge in [0, 0.05) is 0 Å². The lowest BCUT2D eigenvalue weighted by Gasteiger charge is -2.12. The van der Waals surface area contributed by atoms with Crippen LogP contribution in [0.1, 0.15) is 27.5 Å². The number of carbonyl (C=O) groups is 2. The number of hydrogen-bond acceptors (Lipinski definition) is 4. The molecule has 5 heteroatoms. The summed E-state index contributed by atoms with van der Waals surface area (Å²) in [6.07, 6.45) is 0. The molecule has 3 N–H and O–H groups in total. The highest BCUT2D eigenvalue weighted by Crippen LogP contribution is 2.14. The molecule has 0 heterocycles. The van der Waals surface area contributed by atoms with Gasteiger partial charge in [-0.1, -0.05) is 42.5 Å². The molecule has 2 rings (SSSR count). The fourth-order valence-electron chi connectivity index (χ4n) is 1.79. The van der Waals surface area contributed by atoms with Gasteiger partial charge in [0.25, 0.3) is 0 Å². The molecule has 0 bridgehead atoms. The topological polar surface area (TPSA) is 89.6 Å². The molecule has 5 nitrogen and oxygen atoms in total. The Balaban J connectivity index is 1.97. The lowest BCUT2D eigenvalue weighted by molar-refractivity contribution is -0.146. The van der Waals surface area contributed by atoms with Gasteiger partial charge in [-0.05, 0) is 23.3 Å². The second-order valence-corrected chi connectivity index (χ2v) is 4.50. The zero-order valence-corrected chi connectivity index (χ0v) is 11.2. The van der Waals surface area contributed by atoms with Crippen LogP contribution < -0.4 is 5.73 Å². The van der Waals surface area contributed by atoms with Crippen LogP contribution in [-0.4, -0.2) is 17.0 Å². The van der Waals surface area contributed by atoms with Gasteiger partial charge < -0.3 is 15.6 Å². The van der Waals surface area contributed by atoms with Gasteiger partial charge in [0.05, 0.1) is 5.56 Å². The van der Waals surface area contributed by atoms with Crippen molar-refractivity contribution >= 4 is 11.9 Å². The van der Waals surface area contributed by atoms with E-state index < -0.39 is 18.0 Å². The van der Waals surface area contributed by atoms with E-state index in [4.69, 9.17) is 15.6 Å². The summed E-state index contributed by atoms with van der Waals surface area (Å²) in [4.78, 5) is 22.6. The molecule has 21 heavy (non-hydrogen) atoms. The fraction of sp³-hybridized carbons (Fsp3) is 0.125. The molecule has 0 aliphatic carbocycles. The molecule has 0 aliphatic heterocycles. The highest BCUT2D eigenvalue weighted by atomic mass is 16.5. The monoisotopic (exact) mass is 285 g/mol. The zero-order chi connectivity index (χ0) is 15.2. The number of benzene rings is 2. The standard InChI is InChI=1S/C16H15NO4/c17-14(12-6-8-13(9-7-12)15(18)19)16(20)21-10-11-4-2-1-3-5-11/h1-9,14H,10,17H2,(H,18,19). The maximum Gasteiger partial charge on any atom is 0.335 e. The summed E-state index contributed by atoms with van der Waals surface area (Å²) in [7, 11) is 0. The molecule has 0 aromatic heterocycles. The van der Waals surface area contributed by atoms with Crippen molar-refractivity contribution in [3.8, 4) is 0 Å². The number of aromatic carboxylic acids is 1. The lowest BCUT2D eigenvalue weighted by atomic mass is 10.1. The number of ether oxygens (including phenoxy) is 1. The van der Waals surface area contributed by atoms with Gasteiger partial charge in [0.2, 0.25) is 0 Å². The third-order valence-electron chi connectivity index (χ3n) is 2.99. The van der Waals surface area contributed by atoms with Gasteiger partial charge in [-0.2, -0.15) is 0 Å². The van der Waals surface area contributed by atoms with Crippen LogP contribution in [0, 0.1) is 0 Å². The van der Waals surface area contributed by atoms with Gasteiger partial charge in [-0.3, -0.25) is 0 Å². The third kappa shape index (κ3) is 3.90. The lowest BCUT2D eigenvalue weighted by Crippen LogP contribution is -2.23. The van der Waals surface area contributed by atoms with Crippen molar-refractivity contribution in [2.24, 2.45) is 5.73 Å². The second-order valence-electron chi connectivity index (χ2n) is 4.50. The highest BCUT2D eigenvalue weighted by molar-refractivity contribution is 5.87. The quantitative estimate of drug-likeness (QED) is 0.821. The number of hydrogen-bond donors (Lipinski definition) is 2. The van der Waals surface area contributed by atoms with Gasteiger partial charge in [0.1, 0.15) is 12.6 Å². The molecule has 1 unspecified atom stereocenters. The summed E-state index contributed by atoms with van der Waals surface area (Å²) in [5.74, 6) is -1.58. The van der Waals surface area contributed by atoms with Crippen molar-refractivity contribution in [2.45, 2.75) is 12.6 Å². The molecule has 0 amide bonds. The second kappa shape index (κ2) is 6.67. The van der Waals surface area contributed by atoms with Crippen LogP contribution in [0.15, 0.2) is 54.6 Å². The number of esters is 1. The van der Waals surface area contributed by atoms with Crippen molar-refractivity contribution in [1.82, 2.24) is 0 Å². The summed E-state index contributed by atoms with van der Waals surface area (Å²) in [6, 6.07) is 14.2. The van der Waals surface area contributed by atoms with E-state index in [1.165, 1.54) is 24.3 Å². The minimum Gasteiger partial charge on any atom is -0.478 e. The van der Waals surface area contributed by atoms with Gasteiger partial charge in [0.15, 0.2) is 0 Å². The van der Waals surface area contributed by atoms with Crippen molar-refractivity contribution in [3.05, 3.63) is 71.3 Å². The first-order valence-corrected chi connectivity index (χ1v) is 6.37. The van der Waals surface area contributed by atoms with Crippen molar-refractivity contribution in [3.63, 3.8) is 0 Å². The predicted octanol–water partition coefficient (Wildman–Crippen LogP) is 2.13. The molecule has 0 fully saturated rings. The Morgan fingerprint density at radius 3 is 2.24 bits per heavy atom. The van der Waals surface area contributed by atoms with E-state index in [0.29, 0.717) is 5.56 Å². The molecule has 2 aromatic carbocycles. The van der Waals surface area contributed by atoms with E-state index in [0.717, 1.165) is 5.56 Å². The van der Waals surface area contributed by atoms with Crippen LogP contribution in [0.2, 0.25) is 0 Å². The summed E-state index contributed by atoms with van der Waals surface area (Å²) in [6.45, 7) is 0.153. The van der Waals surface area contributed by atoms with Crippen LogP contribution in [0.25, 0.3) is 0 Å². The van der Waals surface area contributed by atoms with Crippen LogP contribution in [0.4, 0.5) is 0 Å². The molecule has 0 saturated heterocycles. The third-order valence-corrected chi connectivity index (χ3v) is 2.99. The van der Waals surface area contributed by atoms with Crippen molar-refractivity contribution < 1.29 is 19.4 Å². The molecule has 0 spiro atoms. The van der Waals surface area contributed by atoms with E-state index in [1.54, 1.807) is 0 Å². The minimum atomic E-state index is -1.03. The Morgan fingerprint density at radius 2 is 1.67 bits per heavy atom. The average molecular weight is 285 g/mol. The van der Waals surface area contributed by atoms with Gasteiger partial charge >= 0.3 is 11.9 Å². The van der Waals surface area contributed by atoms with Gasteiger partial charge in [-0.25, -0.2) is 9.59 Å². The maximum atomic E-state index is 11.9. The SMILES string of the molecule is NC(C(=O)OCc1ccccc1)c1ccc(C(=O)O)cc1. The molecule has 0 radical (unpaired) electrons. The number of carboxylic acids is 1. The summed E-state index contributed by atoms with van der Waals surface area (Å²) in [5.41, 5.74) is 7.34. The van der Waals surface area contributed by atoms with E-state index in [2.05, 4.69) is 0 Å². The first-order chi connectivity index (χ1) is 10.1. The summed E-state index contributed by atoms with van der Waals surface area (Å²) >= 11 is 0. The van der Waals surface area contributed by atoms with Crippen LogP contribution in [0.3, 0.4) is 0 Å². The maximum absolute atomic E-state index is 11.9. The Hall–Kier alpha value is -2.66. The Kier molecular flexibility index (Phi) is 4.68. The minimum absolute atomic E-state index is 0.142. The average Bonchev–Trinajstić information content (AvgIpc) is 2.53. The first kappa shape index (κ1) is 14.7. The van der Waals surface area contributed by atoms with E-state index in [9.17, 15) is 9.59 Å². The number of carbonyl (C=O) groups excluding carboxylic acids is 1. The van der Waals surface area contributed by atoms with Crippen LogP contribution in [0.5, 0.6) is 0 Å². The predicted molar refractivity (Wildman–Crippen MR) is 76.6 cm³/mol. The van der Waals surface area contributed by atoms with Gasteiger partial charge in [-0.15, -0.1) is 0 Å². The molecule has 108 valence electrons.